The van der Waals surface area contributed by atoms with Gasteiger partial charge in [-0.25, -0.2) is 0 Å². The molecule has 0 saturated heterocycles. The quantitative estimate of drug-likeness (QED) is 0.193. The molecular weight excluding hydrogens is 542 g/mol. The maximum atomic E-state index is 2.45. The van der Waals surface area contributed by atoms with E-state index in [1.54, 1.807) is 0 Å². The Labute approximate surface area is 263 Å². The molecule has 1 atom stereocenters. The zero-order valence-corrected chi connectivity index (χ0v) is 24.9. The number of benzene rings is 7. The predicted octanol–water partition coefficient (Wildman–Crippen LogP) is 11.5. The number of rotatable bonds is 5. The summed E-state index contributed by atoms with van der Waals surface area (Å²) >= 11 is 0. The molecule has 7 aromatic carbocycles. The second-order valence-corrected chi connectivity index (χ2v) is 12.1. The smallest absolute Gasteiger partial charge is 0.0544 e. The van der Waals surface area contributed by atoms with Crippen LogP contribution in [0, 0.1) is 0 Å². The average molecular weight is 574 g/mol. The van der Waals surface area contributed by atoms with Gasteiger partial charge in [-0.2, -0.15) is 0 Å². The zero-order valence-electron chi connectivity index (χ0n) is 24.9. The van der Waals surface area contributed by atoms with E-state index < -0.39 is 0 Å². The van der Waals surface area contributed by atoms with Crippen LogP contribution in [0.2, 0.25) is 0 Å². The Morgan fingerprint density at radius 2 is 1.09 bits per heavy atom. The van der Waals surface area contributed by atoms with E-state index >= 15 is 0 Å². The van der Waals surface area contributed by atoms with Gasteiger partial charge < -0.3 is 4.57 Å². The van der Waals surface area contributed by atoms with Crippen molar-refractivity contribution in [1.29, 1.82) is 0 Å². The van der Waals surface area contributed by atoms with Gasteiger partial charge in [-0.1, -0.05) is 146 Å². The molecule has 9 rings (SSSR count). The fourth-order valence-electron chi connectivity index (χ4n) is 7.55. The SMILES string of the molecule is c1ccc(-c2ccc(-n3c4ccccc4c4c5c(ccc43)-c3ccccc3C5Cc3cccc(-c4ccccc4)c3)cc2)cc1. The molecule has 0 aliphatic heterocycles. The fourth-order valence-corrected chi connectivity index (χ4v) is 7.55. The van der Waals surface area contributed by atoms with Crippen LogP contribution in [0.4, 0.5) is 0 Å². The first kappa shape index (κ1) is 25.8. The summed E-state index contributed by atoms with van der Waals surface area (Å²) in [5.74, 6) is 0.269. The van der Waals surface area contributed by atoms with E-state index in [0.29, 0.717) is 0 Å². The van der Waals surface area contributed by atoms with Crippen molar-refractivity contribution in [2.75, 3.05) is 0 Å². The van der Waals surface area contributed by atoms with Crippen molar-refractivity contribution >= 4 is 21.8 Å². The molecule has 1 unspecified atom stereocenters. The van der Waals surface area contributed by atoms with Gasteiger partial charge in [0.2, 0.25) is 0 Å². The number of hydrogen-bond acceptors (Lipinski definition) is 0. The number of hydrogen-bond donors (Lipinski definition) is 0. The van der Waals surface area contributed by atoms with Crippen molar-refractivity contribution in [1.82, 2.24) is 4.57 Å². The molecule has 45 heavy (non-hydrogen) atoms. The Morgan fingerprint density at radius 1 is 0.444 bits per heavy atom. The molecule has 0 N–H and O–H groups in total. The van der Waals surface area contributed by atoms with Crippen LogP contribution >= 0.6 is 0 Å². The van der Waals surface area contributed by atoms with Crippen molar-refractivity contribution in [3.05, 3.63) is 187 Å². The van der Waals surface area contributed by atoms with E-state index in [2.05, 4.69) is 174 Å². The summed E-state index contributed by atoms with van der Waals surface area (Å²) in [7, 11) is 0. The van der Waals surface area contributed by atoms with E-state index in [1.807, 2.05) is 0 Å². The molecule has 1 heterocycles. The summed E-state index contributed by atoms with van der Waals surface area (Å²) in [6, 6.07) is 62.1. The second kappa shape index (κ2) is 10.5. The second-order valence-electron chi connectivity index (χ2n) is 12.1. The Bertz CT molecular complexity index is 2330. The molecule has 0 spiro atoms. The van der Waals surface area contributed by atoms with Gasteiger partial charge in [-0.3, -0.25) is 0 Å². The minimum atomic E-state index is 0.269. The summed E-state index contributed by atoms with van der Waals surface area (Å²) in [6.45, 7) is 0. The monoisotopic (exact) mass is 573 g/mol. The van der Waals surface area contributed by atoms with Crippen LogP contribution in [0.1, 0.15) is 22.6 Å². The van der Waals surface area contributed by atoms with Gasteiger partial charge in [0.15, 0.2) is 0 Å². The predicted molar refractivity (Wildman–Crippen MR) is 189 cm³/mol. The number of para-hydroxylation sites is 1. The number of aromatic nitrogens is 1. The molecule has 1 aliphatic carbocycles. The van der Waals surface area contributed by atoms with Crippen LogP contribution in [0.5, 0.6) is 0 Å². The lowest BCUT2D eigenvalue weighted by Gasteiger charge is -2.16. The molecule has 0 radical (unpaired) electrons. The normalized spacial score (nSPS) is 13.6. The minimum absolute atomic E-state index is 0.269. The first-order valence-corrected chi connectivity index (χ1v) is 15.8. The van der Waals surface area contributed by atoms with Crippen molar-refractivity contribution in [2.45, 2.75) is 12.3 Å². The topological polar surface area (TPSA) is 4.93 Å². The summed E-state index contributed by atoms with van der Waals surface area (Å²) < 4.78 is 2.45. The van der Waals surface area contributed by atoms with Gasteiger partial charge in [-0.15, -0.1) is 0 Å². The standard InChI is InChI=1S/C44H31N/c1-3-13-31(14-4-1)33-22-24-35(25-23-33)45-41-21-10-9-20-39(41)44-42(45)27-26-38-36-18-7-8-19-37(36)40(43(38)44)29-30-12-11-17-34(28-30)32-15-5-2-6-16-32/h1-28,40H,29H2. The van der Waals surface area contributed by atoms with Gasteiger partial charge >= 0.3 is 0 Å². The maximum absolute atomic E-state index is 2.45. The van der Waals surface area contributed by atoms with Gasteiger partial charge in [0.05, 0.1) is 11.0 Å². The lowest BCUT2D eigenvalue weighted by molar-refractivity contribution is 0.834. The van der Waals surface area contributed by atoms with E-state index in [9.17, 15) is 0 Å². The van der Waals surface area contributed by atoms with E-state index in [-0.39, 0.29) is 5.92 Å². The highest BCUT2D eigenvalue weighted by Crippen LogP contribution is 2.51. The maximum Gasteiger partial charge on any atom is 0.0544 e. The van der Waals surface area contributed by atoms with Crippen molar-refractivity contribution in [2.24, 2.45) is 0 Å². The molecule has 212 valence electrons. The summed E-state index contributed by atoms with van der Waals surface area (Å²) in [5.41, 5.74) is 15.7. The summed E-state index contributed by atoms with van der Waals surface area (Å²) in [4.78, 5) is 0. The molecule has 0 bridgehead atoms. The van der Waals surface area contributed by atoms with Crippen LogP contribution in [0.15, 0.2) is 170 Å². The molecule has 0 fully saturated rings. The van der Waals surface area contributed by atoms with Crippen LogP contribution < -0.4 is 0 Å². The first-order valence-electron chi connectivity index (χ1n) is 15.8. The largest absolute Gasteiger partial charge is 0.309 e. The highest BCUT2D eigenvalue weighted by molar-refractivity contribution is 6.14. The minimum Gasteiger partial charge on any atom is -0.309 e. The highest BCUT2D eigenvalue weighted by atomic mass is 15.0. The van der Waals surface area contributed by atoms with Crippen molar-refractivity contribution < 1.29 is 0 Å². The van der Waals surface area contributed by atoms with Gasteiger partial charge in [0.1, 0.15) is 0 Å². The Balaban J connectivity index is 1.23. The molecule has 1 aromatic heterocycles. The lowest BCUT2D eigenvalue weighted by atomic mass is 9.87. The van der Waals surface area contributed by atoms with Crippen molar-refractivity contribution in [3.63, 3.8) is 0 Å². The number of fused-ring (bicyclic) bond motifs is 7. The molecule has 0 saturated carbocycles. The first-order chi connectivity index (χ1) is 22.3. The van der Waals surface area contributed by atoms with Crippen LogP contribution in [0.25, 0.3) is 60.9 Å². The fraction of sp³-hybridized carbons (Fsp3) is 0.0455. The Kier molecular flexibility index (Phi) is 6.02. The Morgan fingerprint density at radius 3 is 1.89 bits per heavy atom. The molecule has 1 heteroatoms. The Hall–Kier alpha value is -5.66. The van der Waals surface area contributed by atoms with Crippen LogP contribution in [-0.2, 0) is 6.42 Å². The van der Waals surface area contributed by atoms with Gasteiger partial charge in [0.25, 0.3) is 0 Å². The molecule has 1 nitrogen and oxygen atoms in total. The van der Waals surface area contributed by atoms with E-state index in [1.165, 1.54) is 77.6 Å². The zero-order chi connectivity index (χ0) is 29.7. The van der Waals surface area contributed by atoms with Crippen molar-refractivity contribution in [3.8, 4) is 39.1 Å². The molecule has 0 amide bonds. The van der Waals surface area contributed by atoms with Gasteiger partial charge in [-0.05, 0) is 80.8 Å². The summed E-state index contributed by atoms with van der Waals surface area (Å²) in [6.07, 6.45) is 0.953. The van der Waals surface area contributed by atoms with E-state index in [4.69, 9.17) is 0 Å². The van der Waals surface area contributed by atoms with Crippen LogP contribution in [0.3, 0.4) is 0 Å². The third-order valence-electron chi connectivity index (χ3n) is 9.56. The lowest BCUT2D eigenvalue weighted by Crippen LogP contribution is -2.02. The van der Waals surface area contributed by atoms with Crippen LogP contribution in [-0.4, -0.2) is 4.57 Å². The molecular formula is C44H31N. The summed E-state index contributed by atoms with van der Waals surface area (Å²) in [5, 5.41) is 2.68. The third-order valence-corrected chi connectivity index (χ3v) is 9.56. The highest BCUT2D eigenvalue weighted by Gasteiger charge is 2.32. The average Bonchev–Trinajstić information content (AvgIpc) is 3.62. The van der Waals surface area contributed by atoms with Gasteiger partial charge in [0, 0.05) is 22.4 Å². The number of nitrogens with zero attached hydrogens (tertiary/aromatic N) is 1. The molecule has 8 aromatic rings. The molecule has 1 aliphatic rings. The van der Waals surface area contributed by atoms with E-state index in [0.717, 1.165) is 6.42 Å². The third kappa shape index (κ3) is 4.24.